The number of aryl methyl sites for hydroxylation is 1. The van der Waals surface area contributed by atoms with E-state index in [2.05, 4.69) is 36.8 Å². The molecule has 1 aromatic heterocycles. The normalized spacial score (nSPS) is 11.4. The minimum Gasteiger partial charge on any atom is -0.481 e. The SMILES string of the molecule is Cc1cc(Br)c(/C=C/c2nc3ccccc3c(=O)n2CCCC(=O)O)cc1Br. The molecule has 2 aromatic carbocycles. The Morgan fingerprint density at radius 3 is 2.68 bits per heavy atom. The number of carbonyl (C=O) groups is 1. The molecule has 3 rings (SSSR count). The maximum absolute atomic E-state index is 12.9. The van der Waals surface area contributed by atoms with Gasteiger partial charge in [0, 0.05) is 21.9 Å². The first kappa shape index (κ1) is 20.5. The molecule has 0 radical (unpaired) electrons. The van der Waals surface area contributed by atoms with E-state index in [0.717, 1.165) is 20.1 Å². The molecule has 0 spiro atoms. The summed E-state index contributed by atoms with van der Waals surface area (Å²) >= 11 is 7.09. The van der Waals surface area contributed by atoms with Crippen LogP contribution in [0.4, 0.5) is 0 Å². The minimum atomic E-state index is -0.882. The van der Waals surface area contributed by atoms with Gasteiger partial charge in [-0.1, -0.05) is 50.1 Å². The number of fused-ring (bicyclic) bond motifs is 1. The number of halogens is 2. The van der Waals surface area contributed by atoms with Crippen molar-refractivity contribution in [3.8, 4) is 0 Å². The molecule has 1 N–H and O–H groups in total. The van der Waals surface area contributed by atoms with E-state index in [9.17, 15) is 9.59 Å². The molecule has 0 fully saturated rings. The number of hydrogen-bond acceptors (Lipinski definition) is 3. The van der Waals surface area contributed by atoms with Crippen molar-refractivity contribution in [3.63, 3.8) is 0 Å². The number of carboxylic acid groups (broad SMARTS) is 1. The van der Waals surface area contributed by atoms with Crippen LogP contribution in [0.5, 0.6) is 0 Å². The molecule has 0 atom stereocenters. The van der Waals surface area contributed by atoms with Crippen molar-refractivity contribution in [3.05, 3.63) is 72.6 Å². The third kappa shape index (κ3) is 4.59. The largest absolute Gasteiger partial charge is 0.481 e. The van der Waals surface area contributed by atoms with Gasteiger partial charge >= 0.3 is 5.97 Å². The lowest BCUT2D eigenvalue weighted by Crippen LogP contribution is -2.24. The molecular formula is C21H18Br2N2O3. The van der Waals surface area contributed by atoms with Crippen LogP contribution in [0.2, 0.25) is 0 Å². The molecule has 0 aliphatic heterocycles. The van der Waals surface area contributed by atoms with E-state index in [1.807, 2.05) is 31.2 Å². The predicted octanol–water partition coefficient (Wildman–Crippen LogP) is 5.27. The average Bonchev–Trinajstić information content (AvgIpc) is 2.65. The van der Waals surface area contributed by atoms with Crippen LogP contribution in [-0.4, -0.2) is 20.6 Å². The third-order valence-electron chi connectivity index (χ3n) is 4.35. The van der Waals surface area contributed by atoms with Crippen molar-refractivity contribution in [2.24, 2.45) is 0 Å². The molecule has 144 valence electrons. The molecule has 3 aromatic rings. The number of para-hydroxylation sites is 1. The highest BCUT2D eigenvalue weighted by Crippen LogP contribution is 2.27. The zero-order chi connectivity index (χ0) is 20.3. The van der Waals surface area contributed by atoms with E-state index in [1.165, 1.54) is 0 Å². The molecule has 0 unspecified atom stereocenters. The van der Waals surface area contributed by atoms with E-state index < -0.39 is 5.97 Å². The lowest BCUT2D eigenvalue weighted by Gasteiger charge is -2.11. The quantitative estimate of drug-likeness (QED) is 0.495. The van der Waals surface area contributed by atoms with Gasteiger partial charge in [-0.25, -0.2) is 4.98 Å². The standard InChI is InChI=1S/C21H18Br2N2O3/c1-13-11-17(23)14(12-16(13)22)8-9-19-24-18-6-3-2-5-15(18)21(28)25(19)10-4-7-20(26)27/h2-3,5-6,8-9,11-12H,4,7,10H2,1H3,(H,26,27)/b9-8+. The number of rotatable bonds is 6. The number of nitrogens with zero attached hydrogens (tertiary/aromatic N) is 2. The lowest BCUT2D eigenvalue weighted by molar-refractivity contribution is -0.137. The number of hydrogen-bond donors (Lipinski definition) is 1. The Kier molecular flexibility index (Phi) is 6.46. The Morgan fingerprint density at radius 2 is 1.93 bits per heavy atom. The predicted molar refractivity (Wildman–Crippen MR) is 118 cm³/mol. The summed E-state index contributed by atoms with van der Waals surface area (Å²) in [6.45, 7) is 2.30. The molecule has 7 heteroatoms. The van der Waals surface area contributed by atoms with E-state index in [1.54, 1.807) is 28.8 Å². The first-order valence-electron chi connectivity index (χ1n) is 8.72. The topological polar surface area (TPSA) is 72.2 Å². The van der Waals surface area contributed by atoms with Crippen LogP contribution in [0.25, 0.3) is 23.1 Å². The van der Waals surface area contributed by atoms with Crippen molar-refractivity contribution in [2.75, 3.05) is 0 Å². The maximum atomic E-state index is 12.9. The van der Waals surface area contributed by atoms with Crippen LogP contribution < -0.4 is 5.56 Å². The van der Waals surface area contributed by atoms with Gasteiger partial charge in [-0.05, 0) is 54.8 Å². The summed E-state index contributed by atoms with van der Waals surface area (Å²) in [5.74, 6) is -0.384. The van der Waals surface area contributed by atoms with Gasteiger partial charge in [0.25, 0.3) is 5.56 Å². The van der Waals surface area contributed by atoms with Crippen molar-refractivity contribution < 1.29 is 9.90 Å². The number of carboxylic acids is 1. The maximum Gasteiger partial charge on any atom is 0.303 e. The van der Waals surface area contributed by atoms with Crippen LogP contribution in [-0.2, 0) is 11.3 Å². The highest BCUT2D eigenvalue weighted by molar-refractivity contribution is 9.11. The van der Waals surface area contributed by atoms with E-state index in [-0.39, 0.29) is 12.0 Å². The summed E-state index contributed by atoms with van der Waals surface area (Å²) in [5.41, 5.74) is 2.50. The van der Waals surface area contributed by atoms with Gasteiger partial charge in [-0.15, -0.1) is 0 Å². The fourth-order valence-corrected chi connectivity index (χ4v) is 3.82. The second-order valence-corrected chi connectivity index (χ2v) is 8.11. The lowest BCUT2D eigenvalue weighted by atomic mass is 10.1. The second kappa shape index (κ2) is 8.84. The van der Waals surface area contributed by atoms with Crippen molar-refractivity contribution in [1.29, 1.82) is 0 Å². The Bertz CT molecular complexity index is 1140. The van der Waals surface area contributed by atoms with Gasteiger partial charge in [-0.2, -0.15) is 0 Å². The molecule has 0 amide bonds. The molecule has 0 saturated carbocycles. The van der Waals surface area contributed by atoms with Gasteiger partial charge in [0.2, 0.25) is 0 Å². The van der Waals surface area contributed by atoms with Crippen molar-refractivity contribution in [1.82, 2.24) is 9.55 Å². The third-order valence-corrected chi connectivity index (χ3v) is 5.89. The first-order valence-corrected chi connectivity index (χ1v) is 10.3. The van der Waals surface area contributed by atoms with Gasteiger partial charge in [-0.3, -0.25) is 14.2 Å². The Morgan fingerprint density at radius 1 is 1.18 bits per heavy atom. The zero-order valence-electron chi connectivity index (χ0n) is 15.2. The minimum absolute atomic E-state index is 0.00111. The van der Waals surface area contributed by atoms with Crippen molar-refractivity contribution in [2.45, 2.75) is 26.3 Å². The molecular weight excluding hydrogens is 488 g/mol. The molecule has 0 aliphatic rings. The van der Waals surface area contributed by atoms with Gasteiger partial charge < -0.3 is 5.11 Å². The molecule has 5 nitrogen and oxygen atoms in total. The molecule has 0 saturated heterocycles. The Labute approximate surface area is 179 Å². The summed E-state index contributed by atoms with van der Waals surface area (Å²) < 4.78 is 3.46. The van der Waals surface area contributed by atoms with Crippen molar-refractivity contribution >= 4 is 60.9 Å². The molecule has 0 bridgehead atoms. The highest BCUT2D eigenvalue weighted by atomic mass is 79.9. The molecule has 1 heterocycles. The number of benzene rings is 2. The fraction of sp³-hybridized carbons (Fsp3) is 0.190. The summed E-state index contributed by atoms with van der Waals surface area (Å²) in [6.07, 6.45) is 4.03. The highest BCUT2D eigenvalue weighted by Gasteiger charge is 2.10. The van der Waals surface area contributed by atoms with Crippen LogP contribution in [0.1, 0.15) is 29.8 Å². The Balaban J connectivity index is 2.06. The smallest absolute Gasteiger partial charge is 0.303 e. The van der Waals surface area contributed by atoms with Gasteiger partial charge in [0.15, 0.2) is 0 Å². The van der Waals surface area contributed by atoms with Crippen LogP contribution >= 0.6 is 31.9 Å². The molecule has 0 aliphatic carbocycles. The first-order chi connectivity index (χ1) is 13.4. The second-order valence-electron chi connectivity index (χ2n) is 6.40. The van der Waals surface area contributed by atoms with E-state index >= 15 is 0 Å². The molecule has 28 heavy (non-hydrogen) atoms. The summed E-state index contributed by atoms with van der Waals surface area (Å²) in [4.78, 5) is 28.4. The fourth-order valence-electron chi connectivity index (χ4n) is 2.87. The van der Waals surface area contributed by atoms with E-state index in [4.69, 9.17) is 5.11 Å². The van der Waals surface area contributed by atoms with Crippen LogP contribution in [0.15, 0.2) is 50.1 Å². The average molecular weight is 506 g/mol. The monoisotopic (exact) mass is 504 g/mol. The Hall–Kier alpha value is -2.25. The number of aromatic nitrogens is 2. The number of aliphatic carboxylic acids is 1. The zero-order valence-corrected chi connectivity index (χ0v) is 18.3. The van der Waals surface area contributed by atoms with Gasteiger partial charge in [0.1, 0.15) is 5.82 Å². The van der Waals surface area contributed by atoms with Crippen LogP contribution in [0.3, 0.4) is 0 Å². The van der Waals surface area contributed by atoms with Crippen LogP contribution in [0, 0.1) is 6.92 Å². The summed E-state index contributed by atoms with van der Waals surface area (Å²) in [7, 11) is 0. The summed E-state index contributed by atoms with van der Waals surface area (Å²) in [6, 6.07) is 11.2. The summed E-state index contributed by atoms with van der Waals surface area (Å²) in [5, 5.41) is 9.43. The van der Waals surface area contributed by atoms with Gasteiger partial charge in [0.05, 0.1) is 10.9 Å². The van der Waals surface area contributed by atoms with E-state index in [0.29, 0.717) is 29.7 Å².